The number of rotatable bonds is 7. The second-order valence-corrected chi connectivity index (χ2v) is 8.94. The maximum atomic E-state index is 12.8. The van der Waals surface area contributed by atoms with Crippen LogP contribution in [0.5, 0.6) is 5.75 Å². The highest BCUT2D eigenvalue weighted by atomic mass is 32.2. The first-order valence-electron chi connectivity index (χ1n) is 10.1. The highest BCUT2D eigenvalue weighted by molar-refractivity contribution is 8.02. The van der Waals surface area contributed by atoms with Gasteiger partial charge in [0.1, 0.15) is 15.8 Å². The summed E-state index contributed by atoms with van der Waals surface area (Å²) in [6, 6.07) is 18.1. The highest BCUT2D eigenvalue weighted by Crippen LogP contribution is 2.32. The van der Waals surface area contributed by atoms with E-state index in [-0.39, 0.29) is 5.91 Å². The maximum absolute atomic E-state index is 12.8. The molecule has 1 fully saturated rings. The van der Waals surface area contributed by atoms with Gasteiger partial charge in [-0.05, 0) is 24.3 Å². The van der Waals surface area contributed by atoms with Crippen LogP contribution in [0.3, 0.4) is 0 Å². The number of carbonyl (C=O) groups is 1. The lowest BCUT2D eigenvalue weighted by Gasteiger charge is -2.36. The Hall–Kier alpha value is -2.71. The zero-order chi connectivity index (χ0) is 21.5. The van der Waals surface area contributed by atoms with Crippen LogP contribution in [0.4, 0.5) is 5.69 Å². The van der Waals surface area contributed by atoms with E-state index in [1.165, 1.54) is 11.8 Å². The average Bonchev–Trinajstić information content (AvgIpc) is 2.84. The number of hydrogen-bond donors (Lipinski definition) is 0. The molecule has 0 bridgehead atoms. The van der Waals surface area contributed by atoms with Crippen molar-refractivity contribution in [2.45, 2.75) is 14.9 Å². The second-order valence-electron chi connectivity index (χ2n) is 6.91. The Kier molecular flexibility index (Phi) is 7.32. The molecular weight excluding hydrogens is 428 g/mol. The minimum absolute atomic E-state index is 0.131. The van der Waals surface area contributed by atoms with E-state index in [4.69, 9.17) is 4.74 Å². The zero-order valence-corrected chi connectivity index (χ0v) is 18.9. The monoisotopic (exact) mass is 452 g/mol. The van der Waals surface area contributed by atoms with Crippen molar-refractivity contribution in [3.05, 3.63) is 67.0 Å². The first kappa shape index (κ1) is 21.5. The highest BCUT2D eigenvalue weighted by Gasteiger charge is 2.23. The fraction of sp³-hybridized carbons (Fsp3) is 0.261. The van der Waals surface area contributed by atoms with Gasteiger partial charge in [-0.15, -0.1) is 0 Å². The molecule has 0 unspecified atom stereocenters. The van der Waals surface area contributed by atoms with Gasteiger partial charge in [-0.2, -0.15) is 0 Å². The van der Waals surface area contributed by atoms with Gasteiger partial charge in [0, 0.05) is 43.5 Å². The molecule has 8 heteroatoms. The number of benzene rings is 2. The van der Waals surface area contributed by atoms with E-state index in [1.54, 1.807) is 31.3 Å². The molecule has 2 heterocycles. The van der Waals surface area contributed by atoms with Crippen LogP contribution >= 0.6 is 23.5 Å². The SMILES string of the molecule is COc1ccccc1N1CCN(C(=O)CSc2nccnc2Sc2ccccc2)CC1. The van der Waals surface area contributed by atoms with Gasteiger partial charge in [0.25, 0.3) is 0 Å². The van der Waals surface area contributed by atoms with Crippen molar-refractivity contribution in [3.8, 4) is 5.75 Å². The minimum atomic E-state index is 0.131. The number of piperazine rings is 1. The van der Waals surface area contributed by atoms with Gasteiger partial charge in [-0.1, -0.05) is 53.9 Å². The summed E-state index contributed by atoms with van der Waals surface area (Å²) in [6.45, 7) is 2.97. The van der Waals surface area contributed by atoms with Crippen molar-refractivity contribution in [1.29, 1.82) is 0 Å². The smallest absolute Gasteiger partial charge is 0.233 e. The van der Waals surface area contributed by atoms with Gasteiger partial charge < -0.3 is 14.5 Å². The molecule has 31 heavy (non-hydrogen) atoms. The van der Waals surface area contributed by atoms with Gasteiger partial charge in [-0.3, -0.25) is 4.79 Å². The normalized spacial score (nSPS) is 13.8. The Morgan fingerprint density at radius 1 is 0.935 bits per heavy atom. The lowest BCUT2D eigenvalue weighted by molar-refractivity contribution is -0.128. The molecule has 3 aromatic rings. The molecule has 1 amide bonds. The Labute approximate surface area is 191 Å². The van der Waals surface area contributed by atoms with Crippen LogP contribution in [0.2, 0.25) is 0 Å². The first-order chi connectivity index (χ1) is 15.2. The van der Waals surface area contributed by atoms with Crippen LogP contribution in [0, 0.1) is 0 Å². The van der Waals surface area contributed by atoms with Crippen molar-refractivity contribution in [2.24, 2.45) is 0 Å². The topological polar surface area (TPSA) is 58.6 Å². The molecule has 0 radical (unpaired) electrons. The van der Waals surface area contributed by atoms with E-state index in [9.17, 15) is 4.79 Å². The number of hydrogen-bond acceptors (Lipinski definition) is 7. The number of methoxy groups -OCH3 is 1. The third-order valence-electron chi connectivity index (χ3n) is 4.98. The predicted octanol–water partition coefficient (Wildman–Crippen LogP) is 4.08. The lowest BCUT2D eigenvalue weighted by Crippen LogP contribution is -2.49. The van der Waals surface area contributed by atoms with E-state index in [0.717, 1.165) is 39.5 Å². The van der Waals surface area contributed by atoms with Crippen molar-refractivity contribution in [3.63, 3.8) is 0 Å². The molecule has 2 aromatic carbocycles. The Morgan fingerprint density at radius 2 is 1.61 bits per heavy atom. The summed E-state index contributed by atoms with van der Waals surface area (Å²) in [5.74, 6) is 1.35. The lowest BCUT2D eigenvalue weighted by atomic mass is 10.2. The third-order valence-corrected chi connectivity index (χ3v) is 7.07. The van der Waals surface area contributed by atoms with Gasteiger partial charge in [0.15, 0.2) is 0 Å². The van der Waals surface area contributed by atoms with E-state index in [0.29, 0.717) is 18.8 Å². The predicted molar refractivity (Wildman–Crippen MR) is 125 cm³/mol. The number of nitrogens with zero attached hydrogens (tertiary/aromatic N) is 4. The molecule has 6 nitrogen and oxygen atoms in total. The summed E-state index contributed by atoms with van der Waals surface area (Å²) < 4.78 is 5.47. The van der Waals surface area contributed by atoms with E-state index in [1.807, 2.05) is 53.4 Å². The van der Waals surface area contributed by atoms with Crippen LogP contribution in [-0.4, -0.2) is 59.8 Å². The Balaban J connectivity index is 1.32. The first-order valence-corrected chi connectivity index (χ1v) is 11.9. The van der Waals surface area contributed by atoms with Crippen molar-refractivity contribution in [2.75, 3.05) is 43.9 Å². The van der Waals surface area contributed by atoms with Gasteiger partial charge in [0.05, 0.1) is 18.6 Å². The number of carbonyl (C=O) groups excluding carboxylic acids is 1. The van der Waals surface area contributed by atoms with E-state index in [2.05, 4.69) is 20.9 Å². The Bertz CT molecular complexity index is 1010. The average molecular weight is 453 g/mol. The molecule has 0 N–H and O–H groups in total. The number of para-hydroxylation sites is 2. The van der Waals surface area contributed by atoms with E-state index >= 15 is 0 Å². The summed E-state index contributed by atoms with van der Waals surface area (Å²) in [5.41, 5.74) is 1.08. The minimum Gasteiger partial charge on any atom is -0.495 e. The van der Waals surface area contributed by atoms with Crippen molar-refractivity contribution < 1.29 is 9.53 Å². The van der Waals surface area contributed by atoms with Crippen LogP contribution in [0.1, 0.15) is 0 Å². The maximum Gasteiger partial charge on any atom is 0.233 e. The van der Waals surface area contributed by atoms with Gasteiger partial charge in [0.2, 0.25) is 5.91 Å². The molecule has 1 aliphatic heterocycles. The molecule has 160 valence electrons. The zero-order valence-electron chi connectivity index (χ0n) is 17.3. The number of aromatic nitrogens is 2. The molecule has 0 aliphatic carbocycles. The van der Waals surface area contributed by atoms with E-state index < -0.39 is 0 Å². The molecule has 1 aliphatic rings. The standard InChI is InChI=1S/C23H24N4O2S2/c1-29-20-10-6-5-9-19(20)26-13-15-27(16-14-26)21(28)17-30-22-23(25-12-11-24-22)31-18-7-3-2-4-8-18/h2-12H,13-17H2,1H3. The van der Waals surface area contributed by atoms with Crippen LogP contribution < -0.4 is 9.64 Å². The van der Waals surface area contributed by atoms with Crippen molar-refractivity contribution in [1.82, 2.24) is 14.9 Å². The molecule has 1 saturated heterocycles. The largest absolute Gasteiger partial charge is 0.495 e. The van der Waals surface area contributed by atoms with Crippen LogP contribution in [0.15, 0.2) is 81.9 Å². The van der Waals surface area contributed by atoms with Gasteiger partial charge >= 0.3 is 0 Å². The number of thioether (sulfide) groups is 1. The number of amides is 1. The molecular formula is C23H24N4O2S2. The number of anilines is 1. The number of ether oxygens (including phenoxy) is 1. The third kappa shape index (κ3) is 5.51. The molecule has 0 saturated carbocycles. The Morgan fingerprint density at radius 3 is 2.35 bits per heavy atom. The fourth-order valence-corrected chi connectivity index (χ4v) is 5.22. The summed E-state index contributed by atoms with van der Waals surface area (Å²) in [5, 5.41) is 1.62. The summed E-state index contributed by atoms with van der Waals surface area (Å²) in [7, 11) is 1.69. The quantitative estimate of drug-likeness (QED) is 0.501. The summed E-state index contributed by atoms with van der Waals surface area (Å²) in [4.78, 5) is 27.0. The molecule has 4 rings (SSSR count). The van der Waals surface area contributed by atoms with Gasteiger partial charge in [-0.25, -0.2) is 9.97 Å². The molecule has 1 aromatic heterocycles. The summed E-state index contributed by atoms with van der Waals surface area (Å²) >= 11 is 3.02. The second kappa shape index (κ2) is 10.5. The fourth-order valence-electron chi connectivity index (χ4n) is 3.39. The van der Waals surface area contributed by atoms with Crippen LogP contribution in [-0.2, 0) is 4.79 Å². The molecule has 0 atom stereocenters. The summed E-state index contributed by atoms with van der Waals surface area (Å²) in [6.07, 6.45) is 3.36. The molecule has 0 spiro atoms. The van der Waals surface area contributed by atoms with Crippen molar-refractivity contribution >= 4 is 35.1 Å². The van der Waals surface area contributed by atoms with Crippen LogP contribution in [0.25, 0.3) is 0 Å².